The van der Waals surface area contributed by atoms with E-state index in [1.807, 2.05) is 84.9 Å². The van der Waals surface area contributed by atoms with Crippen LogP contribution >= 0.6 is 12.0 Å². The first-order chi connectivity index (χ1) is 24.7. The highest BCUT2D eigenvalue weighted by atomic mass is 32.2. The molecule has 0 aromatic heterocycles. The normalized spacial score (nSPS) is 25.0. The third-order valence-electron chi connectivity index (χ3n) is 11.2. The van der Waals surface area contributed by atoms with Crippen LogP contribution < -0.4 is 4.48 Å². The Bertz CT molecular complexity index is 2230. The highest BCUT2D eigenvalue weighted by Crippen LogP contribution is 2.66. The predicted molar refractivity (Wildman–Crippen MR) is 201 cm³/mol. The average molecular weight is 743 g/mol. The Morgan fingerprint density at radius 3 is 2.44 bits per heavy atom. The number of benzene rings is 3. The van der Waals surface area contributed by atoms with Gasteiger partial charge in [-0.05, 0) is 51.5 Å². The number of quaternary nitrogens is 1. The summed E-state index contributed by atoms with van der Waals surface area (Å²) in [6.45, 7) is 10.0. The van der Waals surface area contributed by atoms with Crippen LogP contribution in [0.25, 0.3) is 0 Å². The fourth-order valence-corrected chi connectivity index (χ4v) is 9.53. The minimum atomic E-state index is -4.47. The summed E-state index contributed by atoms with van der Waals surface area (Å²) in [6.07, 6.45) is 12.5. The Morgan fingerprint density at radius 2 is 1.75 bits per heavy atom. The van der Waals surface area contributed by atoms with Crippen molar-refractivity contribution in [2.75, 3.05) is 26.7 Å². The van der Waals surface area contributed by atoms with Crippen molar-refractivity contribution in [1.82, 2.24) is 9.38 Å². The quantitative estimate of drug-likeness (QED) is 0.0255. The molecule has 7 rings (SSSR count). The second-order valence-corrected chi connectivity index (χ2v) is 16.7. The molecule has 2 unspecified atom stereocenters. The van der Waals surface area contributed by atoms with Crippen LogP contribution in [0.3, 0.4) is 0 Å². The van der Waals surface area contributed by atoms with Crippen LogP contribution in [0.5, 0.6) is 0 Å². The number of hydrogen-bond acceptors (Lipinski definition) is 8. The molecule has 2 N–H and O–H groups in total. The predicted octanol–water partition coefficient (Wildman–Crippen LogP) is 6.72. The molecule has 0 aliphatic carbocycles. The van der Waals surface area contributed by atoms with E-state index in [1.165, 1.54) is 6.07 Å². The van der Waals surface area contributed by atoms with Gasteiger partial charge in [0.1, 0.15) is 18.4 Å². The van der Waals surface area contributed by atoms with Crippen LogP contribution in [-0.2, 0) is 35.1 Å². The lowest BCUT2D eigenvalue weighted by Gasteiger charge is -2.50. The van der Waals surface area contributed by atoms with Crippen LogP contribution in [0, 0.1) is 0 Å². The van der Waals surface area contributed by atoms with E-state index >= 15 is 0 Å². The molecular weight excluding hydrogens is 701 g/mol. The van der Waals surface area contributed by atoms with Gasteiger partial charge in [0, 0.05) is 47.0 Å². The van der Waals surface area contributed by atoms with Gasteiger partial charge in [0.25, 0.3) is 15.8 Å². The zero-order valence-electron chi connectivity index (χ0n) is 29.7. The van der Waals surface area contributed by atoms with Gasteiger partial charge in [-0.25, -0.2) is 9.74 Å². The Labute approximate surface area is 308 Å². The van der Waals surface area contributed by atoms with Gasteiger partial charge in [-0.15, -0.1) is 4.33 Å². The summed E-state index contributed by atoms with van der Waals surface area (Å²) in [6, 6.07) is 20.5. The van der Waals surface area contributed by atoms with Gasteiger partial charge in [-0.3, -0.25) is 19.2 Å². The number of carbonyl (C=O) groups excluding carboxylic acids is 1. The van der Waals surface area contributed by atoms with Crippen LogP contribution in [0.2, 0.25) is 0 Å². The Morgan fingerprint density at radius 1 is 1.00 bits per heavy atom. The third kappa shape index (κ3) is 5.54. The van der Waals surface area contributed by atoms with Gasteiger partial charge >= 0.3 is 5.91 Å². The van der Waals surface area contributed by atoms with Crippen LogP contribution in [0.15, 0.2) is 118 Å². The van der Waals surface area contributed by atoms with E-state index in [-0.39, 0.29) is 20.7 Å². The topological polar surface area (TPSA) is 129 Å². The van der Waals surface area contributed by atoms with E-state index in [0.29, 0.717) is 26.1 Å². The zero-order chi connectivity index (χ0) is 37.1. The van der Waals surface area contributed by atoms with E-state index in [2.05, 4.69) is 58.8 Å². The number of amides is 1. The van der Waals surface area contributed by atoms with E-state index in [1.54, 1.807) is 12.1 Å². The molecule has 0 radical (unpaired) electrons. The molecule has 2 spiro atoms. The molecule has 0 saturated carbocycles. The number of fused-ring (bicyclic) bond motifs is 4. The molecule has 4 aliphatic rings. The molecule has 3 aromatic carbocycles. The first kappa shape index (κ1) is 36.2. The summed E-state index contributed by atoms with van der Waals surface area (Å²) in [5, 5.41) is 12.3. The van der Waals surface area contributed by atoms with Gasteiger partial charge in [-0.1, -0.05) is 65.7 Å². The second-order valence-electron chi connectivity index (χ2n) is 14.6. The van der Waals surface area contributed by atoms with Crippen molar-refractivity contribution < 1.29 is 37.0 Å². The molecular formula is C39H42N4O7S2+2. The molecule has 4 heterocycles. The summed E-state index contributed by atoms with van der Waals surface area (Å²) in [7, 11) is -2.46. The van der Waals surface area contributed by atoms with E-state index in [4.69, 9.17) is 5.26 Å². The van der Waals surface area contributed by atoms with Crippen LogP contribution in [0.1, 0.15) is 50.8 Å². The lowest BCUT2D eigenvalue weighted by molar-refractivity contribution is -0.432. The lowest BCUT2D eigenvalue weighted by Crippen LogP contribution is -2.70. The maximum Gasteiger partial charge on any atom is 0.312 e. The highest BCUT2D eigenvalue weighted by Gasteiger charge is 2.86. The van der Waals surface area contributed by atoms with Gasteiger partial charge in [0.2, 0.25) is 5.69 Å². The lowest BCUT2D eigenvalue weighted by atomic mass is 9.81. The summed E-state index contributed by atoms with van der Waals surface area (Å²) >= 11 is 0.921. The van der Waals surface area contributed by atoms with Gasteiger partial charge in [0.05, 0.1) is 47.3 Å². The summed E-state index contributed by atoms with van der Waals surface area (Å²) in [4.78, 5) is 20.9. The molecule has 4 aliphatic heterocycles. The van der Waals surface area contributed by atoms with E-state index < -0.39 is 21.2 Å². The van der Waals surface area contributed by atoms with E-state index in [0.717, 1.165) is 56.4 Å². The monoisotopic (exact) mass is 742 g/mol. The molecule has 52 heavy (non-hydrogen) atoms. The van der Waals surface area contributed by atoms with Crippen molar-refractivity contribution in [2.24, 2.45) is 4.99 Å². The molecule has 3 aromatic rings. The van der Waals surface area contributed by atoms with Crippen LogP contribution in [-0.4, -0.2) is 77.9 Å². The fourth-order valence-electron chi connectivity index (χ4n) is 8.64. The number of nitrogens with zero attached hydrogens (tertiary/aromatic N) is 4. The molecule has 2 saturated heterocycles. The van der Waals surface area contributed by atoms with Crippen molar-refractivity contribution in [3.05, 3.63) is 119 Å². The molecule has 1 amide bonds. The van der Waals surface area contributed by atoms with Crippen LogP contribution in [0.4, 0.5) is 11.4 Å². The van der Waals surface area contributed by atoms with Gasteiger partial charge < -0.3 is 0 Å². The summed E-state index contributed by atoms with van der Waals surface area (Å²) in [5.41, 5.74) is 5.21. The first-order valence-electron chi connectivity index (χ1n) is 17.1. The van der Waals surface area contributed by atoms with Crippen molar-refractivity contribution in [2.45, 2.75) is 60.4 Å². The number of carbonyl (C=O) groups is 1. The Balaban J connectivity index is 1.20. The summed E-state index contributed by atoms with van der Waals surface area (Å²) in [5.74, 6) is 0.0174. The minimum Gasteiger partial charge on any atom is -0.291 e. The molecule has 270 valence electrons. The molecule has 11 nitrogen and oxygen atoms in total. The van der Waals surface area contributed by atoms with Crippen molar-refractivity contribution in [1.29, 1.82) is 0 Å². The standard InChI is InChI=1S/C39H40N4O7S2/c1-37(2)30-18-16-28(51-50-49-45)24-32(30)41(5)34(37)14-10-7-11-15-35-38(3,4)31-19-17-29(52(46,47)48)25-33(31)43(35)23-20-39(43)36(44)42(39)22-21-40-26-27-12-8-6-9-13-27/h6-19,24-26H,20-23H2,1-5H3/p+2. The second kappa shape index (κ2) is 13.0. The first-order valence-corrected chi connectivity index (χ1v) is 19.2. The maximum atomic E-state index is 13.9. The molecule has 2 fully saturated rings. The van der Waals surface area contributed by atoms with Gasteiger partial charge in [-0.2, -0.15) is 13.0 Å². The molecule has 2 atom stereocenters. The Hall–Kier alpha value is -4.21. The SMILES string of the molecule is C[N+]1=C(C=CC=CC=C2C(C)(C)c3ccc(S(=O)(=O)O)cc3[N+]23CCC32C(=O)N2CCN=Cc2ccccc2)C(C)(C)c2ccc(SOOO)cc21. The zero-order valence-corrected chi connectivity index (χ0v) is 31.3. The van der Waals surface area contributed by atoms with Crippen molar-refractivity contribution in [3.8, 4) is 0 Å². The van der Waals surface area contributed by atoms with E-state index in [9.17, 15) is 17.8 Å². The minimum absolute atomic E-state index is 0.0174. The number of hydrogen-bond donors (Lipinski definition) is 2. The van der Waals surface area contributed by atoms with Crippen molar-refractivity contribution in [3.63, 3.8) is 0 Å². The smallest absolute Gasteiger partial charge is 0.291 e. The number of aliphatic imine (C=N–C) groups is 1. The van der Waals surface area contributed by atoms with Crippen molar-refractivity contribution >= 4 is 51.4 Å². The number of rotatable bonds is 11. The Kier molecular flexibility index (Phi) is 9.06. The van der Waals surface area contributed by atoms with Gasteiger partial charge in [0.15, 0.2) is 5.71 Å². The summed E-state index contributed by atoms with van der Waals surface area (Å²) < 4.78 is 41.7. The molecule has 13 heteroatoms. The number of allylic oxidation sites excluding steroid dienone is 6. The maximum absolute atomic E-state index is 13.9. The molecule has 0 bridgehead atoms. The fraction of sp³-hybridized carbons (Fsp3) is 0.308. The highest BCUT2D eigenvalue weighted by molar-refractivity contribution is 7.94. The average Bonchev–Trinajstić information content (AvgIpc) is 3.60. The third-order valence-corrected chi connectivity index (χ3v) is 12.6. The largest absolute Gasteiger partial charge is 0.312 e.